The zero-order valence-electron chi connectivity index (χ0n) is 17.4. The Kier molecular flexibility index (Phi) is 5.67. The van der Waals surface area contributed by atoms with Crippen molar-refractivity contribution in [3.05, 3.63) is 71.8 Å². The van der Waals surface area contributed by atoms with Crippen LogP contribution in [0.5, 0.6) is 0 Å². The van der Waals surface area contributed by atoms with Crippen molar-refractivity contribution in [2.24, 2.45) is 0 Å². The number of nitrogens with one attached hydrogen (secondary N) is 2. The van der Waals surface area contributed by atoms with Crippen LogP contribution < -0.4 is 16.4 Å². The Hall–Kier alpha value is -4.08. The number of imide groups is 1. The van der Waals surface area contributed by atoms with Crippen molar-refractivity contribution in [2.75, 3.05) is 11.1 Å². The summed E-state index contributed by atoms with van der Waals surface area (Å²) in [7, 11) is 0. The average Bonchev–Trinajstić information content (AvgIpc) is 2.98. The molecule has 0 saturated carbocycles. The molecule has 9 nitrogen and oxygen atoms in total. The molecule has 4 N–H and O–H groups in total. The van der Waals surface area contributed by atoms with Crippen LogP contribution in [0.25, 0.3) is 0 Å². The molecule has 0 aliphatic carbocycles. The number of hydrogen-bond donors (Lipinski definition) is 3. The number of aryl methyl sites for hydroxylation is 1. The Morgan fingerprint density at radius 2 is 1.78 bits per heavy atom. The summed E-state index contributed by atoms with van der Waals surface area (Å²) < 4.78 is 13.1. The first-order valence-electron chi connectivity index (χ1n) is 10.0. The lowest BCUT2D eigenvalue weighted by Gasteiger charge is -2.21. The van der Waals surface area contributed by atoms with E-state index >= 15 is 0 Å². The monoisotopic (exact) mass is 435 g/mol. The molecule has 1 aliphatic heterocycles. The number of nitrogens with zero attached hydrogens (tertiary/aromatic N) is 4. The molecule has 3 amide bonds. The van der Waals surface area contributed by atoms with E-state index in [1.54, 1.807) is 6.92 Å². The lowest BCUT2D eigenvalue weighted by molar-refractivity contribution is -0.131. The molecule has 1 saturated heterocycles. The van der Waals surface area contributed by atoms with Gasteiger partial charge < -0.3 is 16.4 Å². The molecule has 2 aromatic carbocycles. The predicted octanol–water partition coefficient (Wildman–Crippen LogP) is 2.78. The molecule has 32 heavy (non-hydrogen) atoms. The maximum Gasteiger partial charge on any atom is 0.325 e. The van der Waals surface area contributed by atoms with E-state index in [1.807, 2.05) is 30.3 Å². The number of amides is 3. The summed E-state index contributed by atoms with van der Waals surface area (Å²) in [5, 5.41) is 5.68. The van der Waals surface area contributed by atoms with E-state index in [0.29, 0.717) is 18.5 Å². The van der Waals surface area contributed by atoms with E-state index in [1.165, 1.54) is 24.3 Å². The number of anilines is 3. The second-order valence-electron chi connectivity index (χ2n) is 7.70. The molecular weight excluding hydrogens is 413 g/mol. The van der Waals surface area contributed by atoms with E-state index in [0.717, 1.165) is 10.5 Å². The fourth-order valence-electron chi connectivity index (χ4n) is 3.47. The second kappa shape index (κ2) is 8.58. The molecule has 0 bridgehead atoms. The molecule has 164 valence electrons. The van der Waals surface area contributed by atoms with Crippen molar-refractivity contribution in [1.29, 1.82) is 0 Å². The summed E-state index contributed by atoms with van der Waals surface area (Å²) in [6, 6.07) is 14.8. The van der Waals surface area contributed by atoms with Crippen LogP contribution in [0.4, 0.5) is 26.8 Å². The third-order valence-electron chi connectivity index (χ3n) is 5.20. The molecule has 0 unspecified atom stereocenters. The Morgan fingerprint density at radius 3 is 2.50 bits per heavy atom. The average molecular weight is 435 g/mol. The van der Waals surface area contributed by atoms with Gasteiger partial charge in [0.2, 0.25) is 11.9 Å². The van der Waals surface area contributed by atoms with Gasteiger partial charge in [-0.2, -0.15) is 15.0 Å². The third-order valence-corrected chi connectivity index (χ3v) is 5.20. The number of halogens is 1. The zero-order valence-corrected chi connectivity index (χ0v) is 17.4. The minimum Gasteiger partial charge on any atom is -0.368 e. The van der Waals surface area contributed by atoms with Gasteiger partial charge in [0.15, 0.2) is 5.82 Å². The van der Waals surface area contributed by atoms with Gasteiger partial charge in [0.1, 0.15) is 11.4 Å². The highest BCUT2D eigenvalue weighted by atomic mass is 19.1. The van der Waals surface area contributed by atoms with Crippen LogP contribution in [0, 0.1) is 5.82 Å². The normalized spacial score (nSPS) is 18.0. The van der Waals surface area contributed by atoms with E-state index < -0.39 is 11.6 Å². The third kappa shape index (κ3) is 4.64. The second-order valence-corrected chi connectivity index (χ2v) is 7.70. The molecule has 1 aliphatic rings. The van der Waals surface area contributed by atoms with Crippen molar-refractivity contribution in [2.45, 2.75) is 31.8 Å². The lowest BCUT2D eigenvalue weighted by atomic mass is 9.93. The molecule has 1 aromatic heterocycles. The topological polar surface area (TPSA) is 126 Å². The van der Waals surface area contributed by atoms with Crippen LogP contribution in [0.3, 0.4) is 0 Å². The molecule has 1 atom stereocenters. The summed E-state index contributed by atoms with van der Waals surface area (Å²) in [6.45, 7) is 1.55. The van der Waals surface area contributed by atoms with Gasteiger partial charge in [0.25, 0.3) is 5.91 Å². The van der Waals surface area contributed by atoms with Crippen LogP contribution in [0.15, 0.2) is 54.6 Å². The van der Waals surface area contributed by atoms with Crippen LogP contribution in [-0.2, 0) is 17.8 Å². The van der Waals surface area contributed by atoms with Crippen molar-refractivity contribution < 1.29 is 14.0 Å². The first-order chi connectivity index (χ1) is 15.3. The highest BCUT2D eigenvalue weighted by molar-refractivity contribution is 6.06. The molecule has 2 heterocycles. The number of nitrogen functional groups attached to an aromatic ring is 1. The van der Waals surface area contributed by atoms with Gasteiger partial charge in [-0.15, -0.1) is 0 Å². The fraction of sp³-hybridized carbons (Fsp3) is 0.227. The van der Waals surface area contributed by atoms with Crippen molar-refractivity contribution in [3.63, 3.8) is 0 Å². The van der Waals surface area contributed by atoms with E-state index in [-0.39, 0.29) is 36.0 Å². The minimum atomic E-state index is -1.03. The number of urea groups is 1. The van der Waals surface area contributed by atoms with Crippen LogP contribution >= 0.6 is 0 Å². The molecule has 4 rings (SSSR count). The summed E-state index contributed by atoms with van der Waals surface area (Å²) in [5.74, 6) is -0.528. The number of rotatable bonds is 7. The quantitative estimate of drug-likeness (QED) is 0.487. The van der Waals surface area contributed by atoms with Crippen LogP contribution in [0.1, 0.15) is 24.7 Å². The summed E-state index contributed by atoms with van der Waals surface area (Å²) in [5.41, 5.74) is 6.38. The van der Waals surface area contributed by atoms with Crippen LogP contribution in [-0.4, -0.2) is 37.3 Å². The SMILES string of the molecule is C[C@@]1(CCc2ccccc2)NC(=O)N(Cc2nc(N)nc(Nc3ccc(F)cc3)n2)C1=O. The first kappa shape index (κ1) is 21.2. The van der Waals surface area contributed by atoms with Crippen molar-refractivity contribution in [3.8, 4) is 0 Å². The van der Waals surface area contributed by atoms with Gasteiger partial charge in [-0.25, -0.2) is 9.18 Å². The van der Waals surface area contributed by atoms with Crippen molar-refractivity contribution in [1.82, 2.24) is 25.2 Å². The number of benzene rings is 2. The van der Waals surface area contributed by atoms with Gasteiger partial charge in [-0.3, -0.25) is 9.69 Å². The Balaban J connectivity index is 1.47. The van der Waals surface area contributed by atoms with Gasteiger partial charge in [-0.1, -0.05) is 30.3 Å². The summed E-state index contributed by atoms with van der Waals surface area (Å²) >= 11 is 0. The molecule has 0 spiro atoms. The standard InChI is InChI=1S/C22H22FN7O2/c1-22(12-11-14-5-3-2-4-6-14)18(31)30(21(32)29-22)13-17-26-19(24)28-20(27-17)25-16-9-7-15(23)8-10-16/h2-10H,11-13H2,1H3,(H,29,32)(H3,24,25,26,27,28)/t22-/m0/s1. The predicted molar refractivity (Wildman–Crippen MR) is 116 cm³/mol. The molecule has 10 heteroatoms. The lowest BCUT2D eigenvalue weighted by Crippen LogP contribution is -2.44. The van der Waals surface area contributed by atoms with Gasteiger partial charge >= 0.3 is 6.03 Å². The highest BCUT2D eigenvalue weighted by Crippen LogP contribution is 2.25. The first-order valence-corrected chi connectivity index (χ1v) is 10.0. The molecule has 3 aromatic rings. The molecular formula is C22H22FN7O2. The van der Waals surface area contributed by atoms with Crippen LogP contribution in [0.2, 0.25) is 0 Å². The fourth-order valence-corrected chi connectivity index (χ4v) is 3.47. The maximum absolute atomic E-state index is 13.1. The number of nitrogens with two attached hydrogens (primary N) is 1. The number of aromatic nitrogens is 3. The van der Waals surface area contributed by atoms with Gasteiger partial charge in [-0.05, 0) is 49.6 Å². The largest absolute Gasteiger partial charge is 0.368 e. The van der Waals surface area contributed by atoms with Gasteiger partial charge in [0, 0.05) is 5.69 Å². The minimum absolute atomic E-state index is 0.0708. The van der Waals surface area contributed by atoms with Crippen molar-refractivity contribution >= 4 is 29.5 Å². The number of hydrogen-bond acceptors (Lipinski definition) is 7. The Morgan fingerprint density at radius 1 is 1.06 bits per heavy atom. The smallest absolute Gasteiger partial charge is 0.325 e. The molecule has 0 radical (unpaired) electrons. The van der Waals surface area contributed by atoms with Gasteiger partial charge in [0.05, 0.1) is 6.54 Å². The zero-order chi connectivity index (χ0) is 22.7. The summed E-state index contributed by atoms with van der Waals surface area (Å²) in [4.78, 5) is 39.0. The highest BCUT2D eigenvalue weighted by Gasteiger charge is 2.47. The van der Waals surface area contributed by atoms with E-state index in [2.05, 4.69) is 25.6 Å². The Bertz CT molecular complexity index is 1140. The van der Waals surface area contributed by atoms with E-state index in [9.17, 15) is 14.0 Å². The number of carbonyl (C=O) groups excluding carboxylic acids is 2. The number of carbonyl (C=O) groups is 2. The summed E-state index contributed by atoms with van der Waals surface area (Å²) in [6.07, 6.45) is 1.09. The maximum atomic E-state index is 13.1. The van der Waals surface area contributed by atoms with E-state index in [4.69, 9.17) is 5.73 Å². The Labute approximate surface area is 183 Å². The molecule has 1 fully saturated rings.